The summed E-state index contributed by atoms with van der Waals surface area (Å²) in [5.41, 5.74) is -1.22. The highest BCUT2D eigenvalue weighted by atomic mass is 32.1. The van der Waals surface area contributed by atoms with Gasteiger partial charge in [0.2, 0.25) is 0 Å². The maximum absolute atomic E-state index is 12.8. The van der Waals surface area contributed by atoms with Gasteiger partial charge in [0.15, 0.2) is 5.60 Å². The number of piperidine rings is 1. The average Bonchev–Trinajstić information content (AvgIpc) is 2.98. The van der Waals surface area contributed by atoms with Crippen molar-refractivity contribution in [1.29, 1.82) is 0 Å². The number of nitrogens with zero attached hydrogens (tertiary/aromatic N) is 1. The number of hydrogen-bond donors (Lipinski definition) is 2. The second kappa shape index (κ2) is 7.98. The highest BCUT2D eigenvalue weighted by Crippen LogP contribution is 2.28. The van der Waals surface area contributed by atoms with E-state index in [-0.39, 0.29) is 5.91 Å². The second-order valence-electron chi connectivity index (χ2n) is 7.51. The molecule has 2 fully saturated rings. The first-order chi connectivity index (χ1) is 11.6. The zero-order valence-corrected chi connectivity index (χ0v) is 15.5. The topological polar surface area (TPSA) is 52.6 Å². The van der Waals surface area contributed by atoms with Crippen LogP contribution in [0, 0.1) is 12.8 Å². The molecule has 1 atom stereocenters. The van der Waals surface area contributed by atoms with Crippen molar-refractivity contribution >= 4 is 17.2 Å². The van der Waals surface area contributed by atoms with E-state index >= 15 is 0 Å². The monoisotopic (exact) mass is 350 g/mol. The first-order valence-electron chi connectivity index (χ1n) is 9.35. The zero-order chi connectivity index (χ0) is 17.0. The average molecular weight is 351 g/mol. The minimum absolute atomic E-state index is 0.0609. The highest BCUT2D eigenvalue weighted by Gasteiger charge is 2.42. The van der Waals surface area contributed by atoms with Crippen molar-refractivity contribution in [3.05, 3.63) is 21.9 Å². The molecule has 1 saturated carbocycles. The molecule has 1 saturated heterocycles. The first kappa shape index (κ1) is 17.9. The maximum atomic E-state index is 12.8. The number of thiophene rings is 1. The molecule has 3 rings (SSSR count). The fraction of sp³-hybridized carbons (Fsp3) is 0.737. The van der Waals surface area contributed by atoms with Gasteiger partial charge in [0.25, 0.3) is 5.91 Å². The molecule has 2 N–H and O–H groups in total. The van der Waals surface area contributed by atoms with Crippen LogP contribution < -0.4 is 5.32 Å². The van der Waals surface area contributed by atoms with Gasteiger partial charge in [0.05, 0.1) is 0 Å². The molecule has 0 aromatic carbocycles. The molecule has 0 bridgehead atoms. The van der Waals surface area contributed by atoms with Crippen LogP contribution >= 0.6 is 11.3 Å². The van der Waals surface area contributed by atoms with Gasteiger partial charge in [-0.15, -0.1) is 11.3 Å². The fourth-order valence-electron chi connectivity index (χ4n) is 4.06. The molecule has 134 valence electrons. The Morgan fingerprint density at radius 1 is 1.29 bits per heavy atom. The van der Waals surface area contributed by atoms with Gasteiger partial charge in [0, 0.05) is 35.9 Å². The van der Waals surface area contributed by atoms with E-state index in [1.807, 2.05) is 4.90 Å². The third-order valence-electron chi connectivity index (χ3n) is 5.42. The Bertz CT molecular complexity index is 553. The minimum Gasteiger partial charge on any atom is -0.379 e. The van der Waals surface area contributed by atoms with Crippen LogP contribution in [0.4, 0.5) is 0 Å². The summed E-state index contributed by atoms with van der Waals surface area (Å²) in [6.45, 7) is 4.81. The van der Waals surface area contributed by atoms with Crippen LogP contribution in [0.15, 0.2) is 12.1 Å². The zero-order valence-electron chi connectivity index (χ0n) is 14.7. The van der Waals surface area contributed by atoms with Gasteiger partial charge >= 0.3 is 0 Å². The van der Waals surface area contributed by atoms with Gasteiger partial charge in [0.1, 0.15) is 0 Å². The van der Waals surface area contributed by atoms with Crippen LogP contribution in [-0.4, -0.2) is 41.1 Å². The maximum Gasteiger partial charge on any atom is 0.255 e. The lowest BCUT2D eigenvalue weighted by Gasteiger charge is -2.40. The van der Waals surface area contributed by atoms with E-state index in [4.69, 9.17) is 0 Å². The van der Waals surface area contributed by atoms with E-state index in [0.717, 1.165) is 26.1 Å². The summed E-state index contributed by atoms with van der Waals surface area (Å²) in [4.78, 5) is 17.3. The summed E-state index contributed by atoms with van der Waals surface area (Å²) in [5.74, 6) is 0.571. The van der Waals surface area contributed by atoms with Gasteiger partial charge in [-0.25, -0.2) is 0 Å². The van der Waals surface area contributed by atoms with E-state index in [1.165, 1.54) is 41.9 Å². The molecule has 24 heavy (non-hydrogen) atoms. The molecule has 0 spiro atoms. The minimum atomic E-state index is -1.22. The number of carbonyl (C=O) groups excluding carboxylic acids is 1. The number of aryl methyl sites for hydroxylation is 1. The molecule has 2 heterocycles. The summed E-state index contributed by atoms with van der Waals surface area (Å²) in [6, 6.07) is 4.21. The van der Waals surface area contributed by atoms with Crippen molar-refractivity contribution in [1.82, 2.24) is 10.2 Å². The Labute approximate surface area is 149 Å². The molecular weight excluding hydrogens is 320 g/mol. The summed E-state index contributed by atoms with van der Waals surface area (Å²) in [5, 5.41) is 14.2. The molecule has 0 radical (unpaired) electrons. The van der Waals surface area contributed by atoms with Gasteiger partial charge in [-0.2, -0.15) is 0 Å². The van der Waals surface area contributed by atoms with Crippen LogP contribution in [0.25, 0.3) is 0 Å². The third-order valence-corrected chi connectivity index (χ3v) is 6.42. The van der Waals surface area contributed by atoms with Crippen molar-refractivity contribution in [2.45, 2.75) is 64.0 Å². The molecule has 2 aliphatic rings. The van der Waals surface area contributed by atoms with Crippen molar-refractivity contribution in [2.75, 3.05) is 19.6 Å². The van der Waals surface area contributed by atoms with Gasteiger partial charge in [-0.05, 0) is 50.7 Å². The van der Waals surface area contributed by atoms with Crippen molar-refractivity contribution in [2.24, 2.45) is 5.92 Å². The number of nitrogens with one attached hydrogen (secondary N) is 1. The molecular formula is C19H30N2O2S. The van der Waals surface area contributed by atoms with Crippen LogP contribution in [0.5, 0.6) is 0 Å². The standard InChI is InChI=1S/C19H30N2O2S/c1-15-8-9-17(24-15)12-20-14-19(23)10-5-11-21(18(19)22)13-16-6-3-2-4-7-16/h8-9,16,20,23H,2-7,10-14H2,1H3/t19-/m0/s1. The van der Waals surface area contributed by atoms with Crippen molar-refractivity contribution < 1.29 is 9.90 Å². The van der Waals surface area contributed by atoms with Gasteiger partial charge in [-0.1, -0.05) is 19.3 Å². The number of aliphatic hydroxyl groups is 1. The van der Waals surface area contributed by atoms with Crippen molar-refractivity contribution in [3.8, 4) is 0 Å². The molecule has 0 unspecified atom stereocenters. The molecule has 1 amide bonds. The largest absolute Gasteiger partial charge is 0.379 e. The highest BCUT2D eigenvalue weighted by molar-refractivity contribution is 7.11. The molecule has 1 aliphatic carbocycles. The van der Waals surface area contributed by atoms with E-state index in [1.54, 1.807) is 11.3 Å². The quantitative estimate of drug-likeness (QED) is 0.829. The first-order valence-corrected chi connectivity index (χ1v) is 10.2. The molecule has 5 heteroatoms. The Morgan fingerprint density at radius 3 is 2.79 bits per heavy atom. The molecule has 1 aliphatic heterocycles. The molecule has 1 aromatic heterocycles. The number of rotatable bonds is 6. The van der Waals surface area contributed by atoms with E-state index in [0.29, 0.717) is 18.9 Å². The summed E-state index contributed by atoms with van der Waals surface area (Å²) >= 11 is 1.76. The fourth-order valence-corrected chi connectivity index (χ4v) is 4.92. The van der Waals surface area contributed by atoms with Crippen LogP contribution in [0.1, 0.15) is 54.7 Å². The lowest BCUT2D eigenvalue weighted by atomic mass is 9.86. The molecule has 4 nitrogen and oxygen atoms in total. The SMILES string of the molecule is Cc1ccc(CNC[C@@]2(O)CCCN(CC3CCCCC3)C2=O)s1. The van der Waals surface area contributed by atoms with E-state index < -0.39 is 5.60 Å². The predicted octanol–water partition coefficient (Wildman–Crippen LogP) is 3.08. The molecule has 1 aromatic rings. The summed E-state index contributed by atoms with van der Waals surface area (Å²) in [7, 11) is 0. The van der Waals surface area contributed by atoms with Gasteiger partial charge < -0.3 is 15.3 Å². The number of hydrogen-bond acceptors (Lipinski definition) is 4. The number of amides is 1. The predicted molar refractivity (Wildman–Crippen MR) is 98.1 cm³/mol. The normalized spacial score (nSPS) is 26.1. The van der Waals surface area contributed by atoms with E-state index in [2.05, 4.69) is 24.4 Å². The van der Waals surface area contributed by atoms with Crippen LogP contribution in [-0.2, 0) is 11.3 Å². The Morgan fingerprint density at radius 2 is 2.08 bits per heavy atom. The summed E-state index contributed by atoms with van der Waals surface area (Å²) in [6.07, 6.45) is 7.85. The van der Waals surface area contributed by atoms with E-state index in [9.17, 15) is 9.90 Å². The van der Waals surface area contributed by atoms with Crippen LogP contribution in [0.3, 0.4) is 0 Å². The third kappa shape index (κ3) is 4.38. The smallest absolute Gasteiger partial charge is 0.255 e. The Kier molecular flexibility index (Phi) is 5.95. The van der Waals surface area contributed by atoms with Crippen molar-refractivity contribution in [3.63, 3.8) is 0 Å². The lowest BCUT2D eigenvalue weighted by molar-refractivity contribution is -0.157. The summed E-state index contributed by atoms with van der Waals surface area (Å²) < 4.78 is 0. The number of carbonyl (C=O) groups is 1. The van der Waals surface area contributed by atoms with Gasteiger partial charge in [-0.3, -0.25) is 4.79 Å². The second-order valence-corrected chi connectivity index (χ2v) is 8.88. The Hall–Kier alpha value is -0.910. The number of likely N-dealkylation sites (tertiary alicyclic amines) is 1. The lowest BCUT2D eigenvalue weighted by Crippen LogP contribution is -2.58. The Balaban J connectivity index is 1.52. The van der Waals surface area contributed by atoms with Crippen LogP contribution in [0.2, 0.25) is 0 Å².